The van der Waals surface area contributed by atoms with Gasteiger partial charge in [0.15, 0.2) is 6.29 Å². The van der Waals surface area contributed by atoms with Crippen molar-refractivity contribution < 1.29 is 4.79 Å². The van der Waals surface area contributed by atoms with Gasteiger partial charge in [-0.3, -0.25) is 14.8 Å². The highest BCUT2D eigenvalue weighted by atomic mass is 16.1. The molecule has 7 heteroatoms. The Morgan fingerprint density at radius 1 is 1.40 bits per heavy atom. The van der Waals surface area contributed by atoms with E-state index in [1.807, 2.05) is 26.0 Å². The number of allylic oxidation sites excluding steroid dienone is 1. The summed E-state index contributed by atoms with van der Waals surface area (Å²) in [5, 5.41) is 6.20. The Morgan fingerprint density at radius 2 is 2.12 bits per heavy atom. The minimum atomic E-state index is -0.487. The summed E-state index contributed by atoms with van der Waals surface area (Å²) in [5.74, 6) is -0.487. The fourth-order valence-corrected chi connectivity index (χ4v) is 2.97. The van der Waals surface area contributed by atoms with Gasteiger partial charge in [0.2, 0.25) is 0 Å². The number of likely N-dealkylation sites (tertiary alicyclic amines) is 1. The lowest BCUT2D eigenvalue weighted by Gasteiger charge is -2.28. The van der Waals surface area contributed by atoms with Crippen LogP contribution in [0.15, 0.2) is 59.3 Å². The molecule has 1 aromatic rings. The maximum atomic E-state index is 11.3. The Bertz CT molecular complexity index is 789. The monoisotopic (exact) mass is 338 g/mol. The van der Waals surface area contributed by atoms with Crippen LogP contribution in [0.25, 0.3) is 5.70 Å². The zero-order chi connectivity index (χ0) is 18.0. The fourth-order valence-electron chi connectivity index (χ4n) is 2.97. The van der Waals surface area contributed by atoms with Crippen LogP contribution in [0.1, 0.15) is 25.8 Å². The first-order valence-corrected chi connectivity index (χ1v) is 8.11. The molecule has 1 unspecified atom stereocenters. The minimum Gasteiger partial charge on any atom is -0.364 e. The molecule has 1 atom stereocenters. The van der Waals surface area contributed by atoms with Crippen molar-refractivity contribution in [2.75, 3.05) is 6.54 Å². The lowest BCUT2D eigenvalue weighted by molar-refractivity contribution is -0.115. The molecule has 4 N–H and O–H groups in total. The largest absolute Gasteiger partial charge is 0.364 e. The van der Waals surface area contributed by atoms with E-state index < -0.39 is 5.91 Å². The number of pyridine rings is 1. The summed E-state index contributed by atoms with van der Waals surface area (Å²) in [7, 11) is 0. The van der Waals surface area contributed by atoms with Crippen molar-refractivity contribution in [1.29, 1.82) is 0 Å². The van der Waals surface area contributed by atoms with Crippen molar-refractivity contribution in [3.63, 3.8) is 0 Å². The molecule has 3 heterocycles. The van der Waals surface area contributed by atoms with Crippen LogP contribution in [0.5, 0.6) is 0 Å². The Balaban J connectivity index is 1.89. The molecule has 25 heavy (non-hydrogen) atoms. The molecule has 130 valence electrons. The molecule has 0 radical (unpaired) electrons. The van der Waals surface area contributed by atoms with E-state index in [2.05, 4.69) is 27.1 Å². The molecule has 0 saturated carbocycles. The van der Waals surface area contributed by atoms with Gasteiger partial charge in [0, 0.05) is 47.7 Å². The molecule has 0 spiro atoms. The highest BCUT2D eigenvalue weighted by Gasteiger charge is 2.32. The summed E-state index contributed by atoms with van der Waals surface area (Å²) >= 11 is 0. The normalized spacial score (nSPS) is 21.4. The first-order valence-electron chi connectivity index (χ1n) is 8.11. The average molecular weight is 338 g/mol. The summed E-state index contributed by atoms with van der Waals surface area (Å²) in [6.07, 6.45) is 5.70. The van der Waals surface area contributed by atoms with Crippen LogP contribution >= 0.6 is 0 Å². The number of aromatic nitrogens is 1. The summed E-state index contributed by atoms with van der Waals surface area (Å²) in [6.45, 7) is 8.96. The zero-order valence-corrected chi connectivity index (χ0v) is 14.4. The molecule has 1 fully saturated rings. The zero-order valence-electron chi connectivity index (χ0n) is 14.4. The summed E-state index contributed by atoms with van der Waals surface area (Å²) in [6, 6.07) is 3.90. The van der Waals surface area contributed by atoms with E-state index >= 15 is 0 Å². The number of aliphatic imine (C=N–C) groups is 1. The van der Waals surface area contributed by atoms with Gasteiger partial charge in [-0.15, -0.1) is 0 Å². The number of nitrogens with one attached hydrogen (secondary N) is 2. The average Bonchev–Trinajstić information content (AvgIpc) is 3.20. The van der Waals surface area contributed by atoms with Crippen LogP contribution in [-0.4, -0.2) is 34.3 Å². The molecule has 0 bridgehead atoms. The molecular formula is C18H22N6O. The van der Waals surface area contributed by atoms with Crippen LogP contribution in [-0.2, 0) is 4.79 Å². The van der Waals surface area contributed by atoms with Gasteiger partial charge in [0.1, 0.15) is 5.70 Å². The molecular weight excluding hydrogens is 316 g/mol. The topological polar surface area (TPSA) is 95.6 Å². The maximum Gasteiger partial charge on any atom is 0.266 e. The number of carbonyl (C=O) groups is 1. The van der Waals surface area contributed by atoms with E-state index in [0.29, 0.717) is 5.70 Å². The first-order chi connectivity index (χ1) is 12.0. The number of primary amides is 1. The number of amides is 1. The van der Waals surface area contributed by atoms with E-state index in [1.165, 1.54) is 0 Å². The fraction of sp³-hybridized carbons (Fsp3) is 0.278. The molecule has 0 aromatic carbocycles. The van der Waals surface area contributed by atoms with Crippen molar-refractivity contribution in [1.82, 2.24) is 20.5 Å². The van der Waals surface area contributed by atoms with Gasteiger partial charge in [-0.1, -0.05) is 6.58 Å². The molecule has 2 aliphatic rings. The van der Waals surface area contributed by atoms with E-state index in [1.54, 1.807) is 18.6 Å². The third-order valence-electron chi connectivity index (χ3n) is 4.13. The summed E-state index contributed by atoms with van der Waals surface area (Å²) in [4.78, 5) is 22.2. The lowest BCUT2D eigenvalue weighted by atomic mass is 10.1. The van der Waals surface area contributed by atoms with Crippen molar-refractivity contribution in [3.8, 4) is 0 Å². The van der Waals surface area contributed by atoms with Gasteiger partial charge >= 0.3 is 0 Å². The number of hydrogen-bond acceptors (Lipinski definition) is 6. The van der Waals surface area contributed by atoms with Crippen LogP contribution < -0.4 is 16.4 Å². The van der Waals surface area contributed by atoms with Crippen LogP contribution in [0.4, 0.5) is 0 Å². The number of nitrogens with zero attached hydrogens (tertiary/aromatic N) is 3. The predicted octanol–water partition coefficient (Wildman–Crippen LogP) is 1.30. The SMILES string of the molecule is C=C1/C(=C(\N=C(C)C)c2ccncc2)CCN1C1NC=C(C(N)=O)N1. The lowest BCUT2D eigenvalue weighted by Crippen LogP contribution is -2.47. The van der Waals surface area contributed by atoms with E-state index in [-0.39, 0.29) is 6.29 Å². The Kier molecular flexibility index (Phi) is 4.56. The smallest absolute Gasteiger partial charge is 0.266 e. The third-order valence-corrected chi connectivity index (χ3v) is 4.13. The highest BCUT2D eigenvalue weighted by molar-refractivity contribution is 5.91. The van der Waals surface area contributed by atoms with Gasteiger partial charge in [0.05, 0.1) is 5.70 Å². The maximum absolute atomic E-state index is 11.3. The first kappa shape index (κ1) is 16.8. The van der Waals surface area contributed by atoms with E-state index in [4.69, 9.17) is 10.7 Å². The number of rotatable bonds is 4. The van der Waals surface area contributed by atoms with Crippen molar-refractivity contribution in [2.24, 2.45) is 10.7 Å². The van der Waals surface area contributed by atoms with E-state index in [0.717, 1.165) is 41.2 Å². The summed E-state index contributed by atoms with van der Waals surface area (Å²) < 4.78 is 0. The van der Waals surface area contributed by atoms with Gasteiger partial charge in [-0.2, -0.15) is 0 Å². The van der Waals surface area contributed by atoms with E-state index in [9.17, 15) is 4.79 Å². The second kappa shape index (κ2) is 6.80. The Hall–Kier alpha value is -3.09. The standard InChI is InChI=1S/C18H22N6O/c1-11(2)22-16(13-4-7-20-8-5-13)14-6-9-24(12(14)3)18-21-10-15(23-18)17(19)25/h4-5,7-8,10,18,21,23H,3,6,9H2,1-2H3,(H2,19,25)/b16-14-. The molecule has 7 nitrogen and oxygen atoms in total. The van der Waals surface area contributed by atoms with Gasteiger partial charge in [-0.25, -0.2) is 0 Å². The molecule has 2 aliphatic heterocycles. The van der Waals surface area contributed by atoms with Crippen molar-refractivity contribution in [2.45, 2.75) is 26.6 Å². The van der Waals surface area contributed by atoms with Gasteiger partial charge in [0.25, 0.3) is 5.91 Å². The highest BCUT2D eigenvalue weighted by Crippen LogP contribution is 2.34. The molecule has 1 aromatic heterocycles. The molecule has 0 aliphatic carbocycles. The van der Waals surface area contributed by atoms with Gasteiger partial charge < -0.3 is 21.3 Å². The Morgan fingerprint density at radius 3 is 2.72 bits per heavy atom. The quantitative estimate of drug-likeness (QED) is 0.719. The van der Waals surface area contributed by atoms with Crippen LogP contribution in [0.2, 0.25) is 0 Å². The van der Waals surface area contributed by atoms with Crippen molar-refractivity contribution >= 4 is 17.3 Å². The second-order valence-electron chi connectivity index (χ2n) is 6.15. The summed E-state index contributed by atoms with van der Waals surface area (Å²) in [5.41, 5.74) is 10.5. The van der Waals surface area contributed by atoms with Crippen LogP contribution in [0.3, 0.4) is 0 Å². The Labute approximate surface area is 147 Å². The predicted molar refractivity (Wildman–Crippen MR) is 97.7 cm³/mol. The van der Waals surface area contributed by atoms with Gasteiger partial charge in [-0.05, 0) is 32.4 Å². The molecule has 1 saturated heterocycles. The van der Waals surface area contributed by atoms with Crippen LogP contribution in [0, 0.1) is 0 Å². The number of nitrogens with two attached hydrogens (primary N) is 1. The molecule has 1 amide bonds. The number of carbonyl (C=O) groups excluding carboxylic acids is 1. The van der Waals surface area contributed by atoms with Crippen molar-refractivity contribution in [3.05, 3.63) is 59.8 Å². The molecule has 3 rings (SSSR count). The number of hydrogen-bond donors (Lipinski definition) is 3. The third kappa shape index (κ3) is 3.40. The second-order valence-corrected chi connectivity index (χ2v) is 6.15. The minimum absolute atomic E-state index is 0.238.